The molecule has 2 atom stereocenters. The molecule has 0 unspecified atom stereocenters. The lowest BCUT2D eigenvalue weighted by atomic mass is 10.2. The van der Waals surface area contributed by atoms with E-state index < -0.39 is 18.6 Å². The lowest BCUT2D eigenvalue weighted by Crippen LogP contribution is -2.43. The molecule has 1 saturated carbocycles. The Labute approximate surface area is 109 Å². The molecule has 7 heteroatoms. The number of hydrogen-bond donors (Lipinski definition) is 2. The van der Waals surface area contributed by atoms with Gasteiger partial charge in [0.15, 0.2) is 0 Å². The van der Waals surface area contributed by atoms with E-state index in [-0.39, 0.29) is 12.6 Å². The summed E-state index contributed by atoms with van der Waals surface area (Å²) in [6.07, 6.45) is -1.13. The minimum Gasteiger partial charge on any atom is -0.346 e. The van der Waals surface area contributed by atoms with Gasteiger partial charge in [0.05, 0.1) is 6.54 Å². The Morgan fingerprint density at radius 2 is 2.11 bits per heavy atom. The second-order valence-electron chi connectivity index (χ2n) is 4.30. The van der Waals surface area contributed by atoms with Crippen molar-refractivity contribution < 1.29 is 18.0 Å². The zero-order valence-corrected chi connectivity index (χ0v) is 11.2. The van der Waals surface area contributed by atoms with Gasteiger partial charge in [-0.3, -0.25) is 4.79 Å². The summed E-state index contributed by atoms with van der Waals surface area (Å²) in [4.78, 5) is 11.2. The number of rotatable bonds is 6. The Morgan fingerprint density at radius 3 is 2.72 bits per heavy atom. The van der Waals surface area contributed by atoms with Crippen molar-refractivity contribution in [3.05, 3.63) is 0 Å². The van der Waals surface area contributed by atoms with Crippen molar-refractivity contribution in [2.45, 2.75) is 43.7 Å². The molecule has 2 N–H and O–H groups in total. The van der Waals surface area contributed by atoms with E-state index in [2.05, 4.69) is 12.2 Å². The van der Waals surface area contributed by atoms with Crippen LogP contribution < -0.4 is 10.6 Å². The highest BCUT2D eigenvalue weighted by atomic mass is 32.2. The van der Waals surface area contributed by atoms with E-state index >= 15 is 0 Å². The number of thioether (sulfide) groups is 1. The molecule has 0 saturated heterocycles. The van der Waals surface area contributed by atoms with Crippen LogP contribution in [0.1, 0.15) is 26.2 Å². The molecule has 1 rings (SSSR count). The van der Waals surface area contributed by atoms with Gasteiger partial charge in [0.25, 0.3) is 0 Å². The van der Waals surface area contributed by atoms with E-state index in [1.807, 2.05) is 17.1 Å². The van der Waals surface area contributed by atoms with Crippen LogP contribution in [0.3, 0.4) is 0 Å². The van der Waals surface area contributed by atoms with Gasteiger partial charge in [0, 0.05) is 11.3 Å². The number of amides is 1. The molecule has 0 aromatic carbocycles. The van der Waals surface area contributed by atoms with Crippen molar-refractivity contribution in [3.8, 4) is 0 Å². The van der Waals surface area contributed by atoms with Crippen LogP contribution in [0.25, 0.3) is 0 Å². The largest absolute Gasteiger partial charge is 0.405 e. The van der Waals surface area contributed by atoms with Crippen molar-refractivity contribution >= 4 is 17.7 Å². The number of halogens is 3. The molecular weight excluding hydrogens is 265 g/mol. The maximum absolute atomic E-state index is 11.9. The van der Waals surface area contributed by atoms with Gasteiger partial charge < -0.3 is 10.6 Å². The summed E-state index contributed by atoms with van der Waals surface area (Å²) in [6, 6.07) is 0.242. The summed E-state index contributed by atoms with van der Waals surface area (Å²) < 4.78 is 35.6. The van der Waals surface area contributed by atoms with E-state index in [0.29, 0.717) is 5.25 Å². The van der Waals surface area contributed by atoms with Gasteiger partial charge in [0.2, 0.25) is 5.91 Å². The summed E-state index contributed by atoms with van der Waals surface area (Å²) in [6.45, 7) is 0.781. The van der Waals surface area contributed by atoms with Crippen molar-refractivity contribution in [1.82, 2.24) is 10.6 Å². The number of nitrogens with one attached hydrogen (secondary N) is 2. The van der Waals surface area contributed by atoms with Gasteiger partial charge in [-0.05, 0) is 18.6 Å². The predicted molar refractivity (Wildman–Crippen MR) is 66.6 cm³/mol. The minimum atomic E-state index is -4.34. The van der Waals surface area contributed by atoms with E-state index in [0.717, 1.165) is 25.0 Å². The summed E-state index contributed by atoms with van der Waals surface area (Å²) in [7, 11) is 0. The van der Waals surface area contributed by atoms with E-state index in [9.17, 15) is 18.0 Å². The Bertz CT molecular complexity index is 274. The van der Waals surface area contributed by atoms with Crippen LogP contribution in [0.4, 0.5) is 13.2 Å². The second kappa shape index (κ2) is 7.23. The van der Waals surface area contributed by atoms with Crippen molar-refractivity contribution in [2.24, 2.45) is 0 Å². The molecule has 0 heterocycles. The van der Waals surface area contributed by atoms with Crippen LogP contribution >= 0.6 is 11.8 Å². The maximum atomic E-state index is 11.9. The third kappa shape index (κ3) is 5.95. The molecule has 0 bridgehead atoms. The third-order valence-electron chi connectivity index (χ3n) is 2.84. The molecule has 3 nitrogen and oxygen atoms in total. The summed E-state index contributed by atoms with van der Waals surface area (Å²) >= 11 is 1.84. The molecule has 1 fully saturated rings. The van der Waals surface area contributed by atoms with Gasteiger partial charge in [0.1, 0.15) is 6.54 Å². The second-order valence-corrected chi connectivity index (χ2v) is 5.82. The van der Waals surface area contributed by atoms with Crippen LogP contribution in [-0.2, 0) is 4.79 Å². The molecule has 1 aliphatic rings. The van der Waals surface area contributed by atoms with Gasteiger partial charge in [-0.2, -0.15) is 24.9 Å². The zero-order chi connectivity index (χ0) is 13.6. The molecule has 1 amide bonds. The number of carbonyl (C=O) groups is 1. The molecule has 0 radical (unpaired) electrons. The first-order chi connectivity index (χ1) is 8.42. The predicted octanol–water partition coefficient (Wildman–Crippen LogP) is 1.93. The molecule has 106 valence electrons. The van der Waals surface area contributed by atoms with Crippen LogP contribution in [0.5, 0.6) is 0 Å². The highest BCUT2D eigenvalue weighted by molar-refractivity contribution is 7.99. The SMILES string of the molecule is CCS[C@@H]1CCC[C@H]1NCC(=O)NCC(F)(F)F. The smallest absolute Gasteiger partial charge is 0.346 e. The van der Waals surface area contributed by atoms with Gasteiger partial charge in [-0.25, -0.2) is 0 Å². The van der Waals surface area contributed by atoms with Crippen LogP contribution in [-0.4, -0.2) is 42.2 Å². The summed E-state index contributed by atoms with van der Waals surface area (Å²) in [5.41, 5.74) is 0. The Hall–Kier alpha value is -0.430. The molecular formula is C11H19F3N2OS. The molecule has 18 heavy (non-hydrogen) atoms. The molecule has 0 aliphatic heterocycles. The number of alkyl halides is 3. The fourth-order valence-electron chi connectivity index (χ4n) is 2.06. The van der Waals surface area contributed by atoms with E-state index in [1.54, 1.807) is 0 Å². The summed E-state index contributed by atoms with van der Waals surface area (Å²) in [5, 5.41) is 5.39. The normalized spacial score (nSPS) is 24.2. The zero-order valence-electron chi connectivity index (χ0n) is 10.3. The topological polar surface area (TPSA) is 41.1 Å². The Morgan fingerprint density at radius 1 is 1.39 bits per heavy atom. The van der Waals surface area contributed by atoms with Crippen LogP contribution in [0.15, 0.2) is 0 Å². The number of hydrogen-bond acceptors (Lipinski definition) is 3. The third-order valence-corrected chi connectivity index (χ3v) is 4.17. The van der Waals surface area contributed by atoms with E-state index in [4.69, 9.17) is 0 Å². The van der Waals surface area contributed by atoms with Crippen molar-refractivity contribution in [3.63, 3.8) is 0 Å². The molecule has 0 spiro atoms. The lowest BCUT2D eigenvalue weighted by molar-refractivity contribution is -0.137. The Kier molecular flexibility index (Phi) is 6.28. The fourth-order valence-corrected chi connectivity index (χ4v) is 3.28. The highest BCUT2D eigenvalue weighted by Gasteiger charge is 2.29. The molecule has 0 aromatic heterocycles. The molecule has 0 aromatic rings. The molecule has 1 aliphatic carbocycles. The number of carbonyl (C=O) groups excluding carboxylic acids is 1. The maximum Gasteiger partial charge on any atom is 0.405 e. The monoisotopic (exact) mass is 284 g/mol. The average Bonchev–Trinajstić information content (AvgIpc) is 2.71. The van der Waals surface area contributed by atoms with Crippen molar-refractivity contribution in [1.29, 1.82) is 0 Å². The fraction of sp³-hybridized carbons (Fsp3) is 0.909. The van der Waals surface area contributed by atoms with Crippen LogP contribution in [0, 0.1) is 0 Å². The summed E-state index contributed by atoms with van der Waals surface area (Å²) in [5.74, 6) is 0.419. The van der Waals surface area contributed by atoms with Gasteiger partial charge in [-0.1, -0.05) is 13.3 Å². The first-order valence-corrected chi connectivity index (χ1v) is 7.15. The standard InChI is InChI=1S/C11H19F3N2OS/c1-2-18-9-5-3-4-8(9)15-6-10(17)16-7-11(12,13)14/h8-9,15H,2-7H2,1H3,(H,16,17)/t8-,9-/m1/s1. The van der Waals surface area contributed by atoms with E-state index in [1.165, 1.54) is 0 Å². The van der Waals surface area contributed by atoms with Crippen LogP contribution in [0.2, 0.25) is 0 Å². The van der Waals surface area contributed by atoms with Gasteiger partial charge in [-0.15, -0.1) is 0 Å². The quantitative estimate of drug-likeness (QED) is 0.783. The first kappa shape index (κ1) is 15.6. The Balaban J connectivity index is 2.21. The first-order valence-electron chi connectivity index (χ1n) is 6.11. The lowest BCUT2D eigenvalue weighted by Gasteiger charge is -2.20. The highest BCUT2D eigenvalue weighted by Crippen LogP contribution is 2.29. The average molecular weight is 284 g/mol. The van der Waals surface area contributed by atoms with Crippen molar-refractivity contribution in [2.75, 3.05) is 18.8 Å². The minimum absolute atomic E-state index is 0.0402. The van der Waals surface area contributed by atoms with Gasteiger partial charge >= 0.3 is 6.18 Å².